The van der Waals surface area contributed by atoms with Gasteiger partial charge < -0.3 is 10.2 Å². The third-order valence-corrected chi connectivity index (χ3v) is 10.1. The summed E-state index contributed by atoms with van der Waals surface area (Å²) < 4.78 is 0. The lowest BCUT2D eigenvalue weighted by molar-refractivity contribution is -0.160. The number of aliphatic carboxylic acids is 1. The lowest BCUT2D eigenvalue weighted by atomic mass is 9.44. The second kappa shape index (κ2) is 7.11. The molecule has 4 nitrogen and oxygen atoms in total. The van der Waals surface area contributed by atoms with Gasteiger partial charge in [-0.05, 0) is 92.3 Å². The summed E-state index contributed by atoms with van der Waals surface area (Å²) in [4.78, 5) is 24.7. The minimum atomic E-state index is -0.729. The molecular weight excluding hydrogens is 352 g/mol. The van der Waals surface area contributed by atoms with Crippen molar-refractivity contribution in [2.24, 2.45) is 46.3 Å². The average Bonchev–Trinajstić information content (AvgIpc) is 3.00. The van der Waals surface area contributed by atoms with E-state index in [1.165, 1.54) is 12.8 Å². The van der Waals surface area contributed by atoms with Gasteiger partial charge in [-0.1, -0.05) is 20.8 Å². The molecule has 0 saturated heterocycles. The number of carbonyl (C=O) groups is 2. The lowest BCUT2D eigenvalue weighted by Crippen LogP contribution is -2.57. The van der Waals surface area contributed by atoms with E-state index in [0.717, 1.165) is 32.1 Å². The van der Waals surface area contributed by atoms with E-state index >= 15 is 0 Å². The second-order valence-electron chi connectivity index (χ2n) is 11.1. The Morgan fingerprint density at radius 2 is 1.89 bits per heavy atom. The van der Waals surface area contributed by atoms with Crippen LogP contribution in [0.15, 0.2) is 0 Å². The van der Waals surface area contributed by atoms with Crippen LogP contribution in [0.2, 0.25) is 0 Å². The standard InChI is InChI=1S/C24H38O4/c1-14(4-9-22(27)28)18-7-8-19-17-6-5-15-12-16(25)10-11-23(15,2)20(17)13-21(26)24(18,19)3/h14-20,25H,4-13H2,1-3H3,(H,27,28)/t14-,15+,16-,17-,18+,19-,20-,23-,24+/m0/s1. The van der Waals surface area contributed by atoms with Crippen LogP contribution in [0.5, 0.6) is 0 Å². The Morgan fingerprint density at radius 1 is 1.14 bits per heavy atom. The number of carbonyl (C=O) groups excluding carboxylic acids is 1. The van der Waals surface area contributed by atoms with Crippen molar-refractivity contribution < 1.29 is 19.8 Å². The number of carboxylic acid groups (broad SMARTS) is 1. The summed E-state index contributed by atoms with van der Waals surface area (Å²) in [5.74, 6) is 2.52. The molecule has 4 rings (SSSR count). The highest BCUT2D eigenvalue weighted by Gasteiger charge is 2.63. The van der Waals surface area contributed by atoms with Crippen LogP contribution in [0.3, 0.4) is 0 Å². The van der Waals surface area contributed by atoms with E-state index < -0.39 is 5.97 Å². The third-order valence-electron chi connectivity index (χ3n) is 10.1. The van der Waals surface area contributed by atoms with Crippen molar-refractivity contribution in [3.63, 3.8) is 0 Å². The number of hydrogen-bond acceptors (Lipinski definition) is 3. The molecule has 4 aliphatic carbocycles. The fraction of sp³-hybridized carbons (Fsp3) is 0.917. The van der Waals surface area contributed by atoms with Gasteiger partial charge in [-0.15, -0.1) is 0 Å². The normalized spacial score (nSPS) is 49.1. The topological polar surface area (TPSA) is 74.6 Å². The number of fused-ring (bicyclic) bond motifs is 5. The predicted molar refractivity (Wildman–Crippen MR) is 108 cm³/mol. The number of hydrogen-bond donors (Lipinski definition) is 2. The number of ketones is 1. The van der Waals surface area contributed by atoms with E-state index in [0.29, 0.717) is 54.1 Å². The summed E-state index contributed by atoms with van der Waals surface area (Å²) in [6.07, 6.45) is 8.96. The Labute approximate surface area is 169 Å². The zero-order valence-corrected chi connectivity index (χ0v) is 17.8. The highest BCUT2D eigenvalue weighted by Crippen LogP contribution is 2.67. The molecule has 4 fully saturated rings. The first-order chi connectivity index (χ1) is 13.2. The zero-order chi connectivity index (χ0) is 20.3. The monoisotopic (exact) mass is 390 g/mol. The summed E-state index contributed by atoms with van der Waals surface area (Å²) in [5, 5.41) is 19.3. The van der Waals surface area contributed by atoms with Gasteiger partial charge >= 0.3 is 5.97 Å². The van der Waals surface area contributed by atoms with Crippen molar-refractivity contribution in [1.29, 1.82) is 0 Å². The molecule has 0 unspecified atom stereocenters. The maximum absolute atomic E-state index is 13.6. The molecule has 0 aromatic heterocycles. The molecule has 28 heavy (non-hydrogen) atoms. The maximum atomic E-state index is 13.6. The Bertz CT molecular complexity index is 645. The first-order valence-electron chi connectivity index (χ1n) is 11.6. The Morgan fingerprint density at radius 3 is 2.61 bits per heavy atom. The third kappa shape index (κ3) is 2.97. The van der Waals surface area contributed by atoms with E-state index in [-0.39, 0.29) is 23.4 Å². The first kappa shape index (κ1) is 20.4. The molecule has 0 heterocycles. The summed E-state index contributed by atoms with van der Waals surface area (Å²) >= 11 is 0. The Hall–Kier alpha value is -0.900. The fourth-order valence-corrected chi connectivity index (χ4v) is 8.44. The van der Waals surface area contributed by atoms with Crippen LogP contribution >= 0.6 is 0 Å². The van der Waals surface area contributed by atoms with E-state index in [4.69, 9.17) is 5.11 Å². The van der Waals surface area contributed by atoms with Crippen LogP contribution in [0.4, 0.5) is 0 Å². The molecule has 0 aromatic rings. The van der Waals surface area contributed by atoms with Gasteiger partial charge in [-0.3, -0.25) is 9.59 Å². The van der Waals surface area contributed by atoms with Crippen LogP contribution < -0.4 is 0 Å². The second-order valence-corrected chi connectivity index (χ2v) is 11.1. The number of aliphatic hydroxyl groups excluding tert-OH is 1. The average molecular weight is 391 g/mol. The van der Waals surface area contributed by atoms with E-state index in [2.05, 4.69) is 20.8 Å². The molecule has 4 heteroatoms. The smallest absolute Gasteiger partial charge is 0.303 e. The van der Waals surface area contributed by atoms with Gasteiger partial charge in [0.2, 0.25) is 0 Å². The zero-order valence-electron chi connectivity index (χ0n) is 17.8. The lowest BCUT2D eigenvalue weighted by Gasteiger charge is -2.60. The number of carboxylic acids is 1. The van der Waals surface area contributed by atoms with Crippen molar-refractivity contribution in [2.75, 3.05) is 0 Å². The summed E-state index contributed by atoms with van der Waals surface area (Å²) in [7, 11) is 0. The largest absolute Gasteiger partial charge is 0.481 e. The van der Waals surface area contributed by atoms with Crippen molar-refractivity contribution in [3.05, 3.63) is 0 Å². The molecule has 2 N–H and O–H groups in total. The summed E-state index contributed by atoms with van der Waals surface area (Å²) in [6.45, 7) is 6.81. The van der Waals surface area contributed by atoms with Crippen molar-refractivity contribution in [1.82, 2.24) is 0 Å². The van der Waals surface area contributed by atoms with Gasteiger partial charge in [-0.2, -0.15) is 0 Å². The molecule has 9 atom stereocenters. The highest BCUT2D eigenvalue weighted by atomic mass is 16.4. The molecule has 0 amide bonds. The molecule has 0 spiro atoms. The minimum absolute atomic E-state index is 0.148. The van der Waals surface area contributed by atoms with Gasteiger partial charge in [0.05, 0.1) is 6.10 Å². The molecule has 0 aromatic carbocycles. The van der Waals surface area contributed by atoms with Crippen molar-refractivity contribution in [2.45, 2.75) is 91.1 Å². The van der Waals surface area contributed by atoms with Gasteiger partial charge in [0.1, 0.15) is 5.78 Å². The Balaban J connectivity index is 1.57. The van der Waals surface area contributed by atoms with Gasteiger partial charge in [0, 0.05) is 18.3 Å². The van der Waals surface area contributed by atoms with Crippen LogP contribution in [0, 0.1) is 46.3 Å². The fourth-order valence-electron chi connectivity index (χ4n) is 8.44. The maximum Gasteiger partial charge on any atom is 0.303 e. The number of rotatable bonds is 4. The SMILES string of the molecule is C[C@@H](CCC(=O)O)[C@H]1CC[C@H]2[C@@H]3CC[C@@H]4C[C@@H](O)CC[C@]4(C)[C@H]3CC(=O)[C@]12C. The van der Waals surface area contributed by atoms with Gasteiger partial charge in [0.25, 0.3) is 0 Å². The highest BCUT2D eigenvalue weighted by molar-refractivity contribution is 5.87. The quantitative estimate of drug-likeness (QED) is 0.730. The summed E-state index contributed by atoms with van der Waals surface area (Å²) in [6, 6.07) is 0. The van der Waals surface area contributed by atoms with Crippen LogP contribution in [-0.4, -0.2) is 28.1 Å². The van der Waals surface area contributed by atoms with Crippen LogP contribution in [0.1, 0.15) is 85.0 Å². The number of Topliss-reactive ketones (excluding diaryl/α,β-unsaturated/α-hetero) is 1. The summed E-state index contributed by atoms with van der Waals surface area (Å²) in [5.41, 5.74) is -0.0391. The Kier molecular flexibility index (Phi) is 5.17. The molecule has 4 saturated carbocycles. The minimum Gasteiger partial charge on any atom is -0.481 e. The van der Waals surface area contributed by atoms with Crippen LogP contribution in [-0.2, 0) is 9.59 Å². The van der Waals surface area contributed by atoms with E-state index in [9.17, 15) is 14.7 Å². The van der Waals surface area contributed by atoms with E-state index in [1.807, 2.05) is 0 Å². The van der Waals surface area contributed by atoms with Crippen LogP contribution in [0.25, 0.3) is 0 Å². The predicted octanol–water partition coefficient (Wildman–Crippen LogP) is 4.69. The molecule has 158 valence electrons. The van der Waals surface area contributed by atoms with Crippen molar-refractivity contribution >= 4 is 11.8 Å². The number of aliphatic hydroxyl groups is 1. The molecular formula is C24H38O4. The first-order valence-corrected chi connectivity index (χ1v) is 11.6. The van der Waals surface area contributed by atoms with Crippen molar-refractivity contribution in [3.8, 4) is 0 Å². The van der Waals surface area contributed by atoms with E-state index in [1.54, 1.807) is 0 Å². The molecule has 4 aliphatic rings. The molecule has 0 bridgehead atoms. The molecule has 0 aliphatic heterocycles. The van der Waals surface area contributed by atoms with Gasteiger partial charge in [-0.25, -0.2) is 0 Å². The molecule has 0 radical (unpaired) electrons. The van der Waals surface area contributed by atoms with Gasteiger partial charge in [0.15, 0.2) is 0 Å².